The van der Waals surface area contributed by atoms with Crippen LogP contribution < -0.4 is 5.73 Å². The molecule has 2 heteroatoms. The Bertz CT molecular complexity index is 402. The first kappa shape index (κ1) is 12.2. The van der Waals surface area contributed by atoms with Crippen LogP contribution in [0.4, 0.5) is 0 Å². The van der Waals surface area contributed by atoms with E-state index < -0.39 is 0 Å². The van der Waals surface area contributed by atoms with Gasteiger partial charge < -0.3 is 5.73 Å². The van der Waals surface area contributed by atoms with E-state index in [9.17, 15) is 0 Å². The molecule has 2 unspecified atom stereocenters. The quantitative estimate of drug-likeness (QED) is 0.886. The molecule has 2 N–H and O–H groups in total. The summed E-state index contributed by atoms with van der Waals surface area (Å²) in [6, 6.07) is 9.65. The Morgan fingerprint density at radius 1 is 1.11 bits per heavy atom. The first-order valence-electron chi connectivity index (χ1n) is 7.39. The maximum absolute atomic E-state index is 5.72. The molecule has 0 aromatic heterocycles. The zero-order chi connectivity index (χ0) is 12.4. The Hall–Kier alpha value is -0.860. The third kappa shape index (κ3) is 2.45. The summed E-state index contributed by atoms with van der Waals surface area (Å²) in [7, 11) is 0. The number of piperidine rings is 1. The number of hydrogen-bond acceptors (Lipinski definition) is 2. The van der Waals surface area contributed by atoms with Gasteiger partial charge in [0.25, 0.3) is 0 Å². The molecule has 1 saturated carbocycles. The summed E-state index contributed by atoms with van der Waals surface area (Å²) in [5.74, 6) is 0.983. The first-order chi connectivity index (χ1) is 8.86. The SMILES string of the molecule is NCc1cccc(CN2CCCC3CCCC32)c1. The van der Waals surface area contributed by atoms with Crippen molar-refractivity contribution in [2.45, 2.75) is 51.2 Å². The molecule has 3 rings (SSSR count). The zero-order valence-electron chi connectivity index (χ0n) is 11.1. The third-order valence-electron chi connectivity index (χ3n) is 4.72. The van der Waals surface area contributed by atoms with E-state index in [-0.39, 0.29) is 0 Å². The van der Waals surface area contributed by atoms with E-state index in [1.807, 2.05) is 0 Å². The van der Waals surface area contributed by atoms with Crippen LogP contribution in [-0.4, -0.2) is 17.5 Å². The van der Waals surface area contributed by atoms with Crippen LogP contribution in [0.5, 0.6) is 0 Å². The molecule has 2 fully saturated rings. The molecular formula is C16H24N2. The summed E-state index contributed by atoms with van der Waals surface area (Å²) in [6.07, 6.45) is 7.17. The second-order valence-corrected chi connectivity index (χ2v) is 5.90. The molecule has 98 valence electrons. The van der Waals surface area contributed by atoms with Crippen molar-refractivity contribution in [1.29, 1.82) is 0 Å². The fraction of sp³-hybridized carbons (Fsp3) is 0.625. The fourth-order valence-corrected chi connectivity index (χ4v) is 3.84. The van der Waals surface area contributed by atoms with E-state index in [0.717, 1.165) is 18.5 Å². The van der Waals surface area contributed by atoms with Crippen LogP contribution in [0.2, 0.25) is 0 Å². The van der Waals surface area contributed by atoms with Crippen molar-refractivity contribution in [3.05, 3.63) is 35.4 Å². The first-order valence-corrected chi connectivity index (χ1v) is 7.39. The molecule has 0 bridgehead atoms. The molecule has 2 atom stereocenters. The molecule has 0 spiro atoms. The lowest BCUT2D eigenvalue weighted by Crippen LogP contribution is -2.41. The molecule has 1 aliphatic carbocycles. The van der Waals surface area contributed by atoms with Gasteiger partial charge in [-0.25, -0.2) is 0 Å². The zero-order valence-corrected chi connectivity index (χ0v) is 11.1. The lowest BCUT2D eigenvalue weighted by molar-refractivity contribution is 0.106. The monoisotopic (exact) mass is 244 g/mol. The standard InChI is InChI=1S/C16H24N2/c17-11-13-4-1-5-14(10-13)12-18-9-3-7-15-6-2-8-16(15)18/h1,4-5,10,15-16H,2-3,6-9,11-12,17H2. The Balaban J connectivity index is 1.70. The van der Waals surface area contributed by atoms with Crippen LogP contribution in [0.1, 0.15) is 43.2 Å². The molecule has 1 heterocycles. The summed E-state index contributed by atoms with van der Waals surface area (Å²) >= 11 is 0. The van der Waals surface area contributed by atoms with Gasteiger partial charge >= 0.3 is 0 Å². The molecule has 2 aliphatic rings. The second kappa shape index (κ2) is 5.41. The topological polar surface area (TPSA) is 29.3 Å². The van der Waals surface area contributed by atoms with Crippen LogP contribution in [-0.2, 0) is 13.1 Å². The number of fused-ring (bicyclic) bond motifs is 1. The van der Waals surface area contributed by atoms with Gasteiger partial charge in [0.15, 0.2) is 0 Å². The van der Waals surface area contributed by atoms with Gasteiger partial charge in [-0.2, -0.15) is 0 Å². The van der Waals surface area contributed by atoms with Crippen molar-refractivity contribution in [1.82, 2.24) is 4.90 Å². The van der Waals surface area contributed by atoms with Gasteiger partial charge in [-0.1, -0.05) is 30.7 Å². The lowest BCUT2D eigenvalue weighted by atomic mass is 9.91. The van der Waals surface area contributed by atoms with E-state index in [0.29, 0.717) is 6.54 Å². The summed E-state index contributed by atoms with van der Waals surface area (Å²) in [6.45, 7) is 3.06. The highest BCUT2D eigenvalue weighted by Gasteiger charge is 2.34. The third-order valence-corrected chi connectivity index (χ3v) is 4.72. The van der Waals surface area contributed by atoms with E-state index >= 15 is 0 Å². The molecule has 18 heavy (non-hydrogen) atoms. The minimum atomic E-state index is 0.653. The number of nitrogens with zero attached hydrogens (tertiary/aromatic N) is 1. The highest BCUT2D eigenvalue weighted by Crippen LogP contribution is 2.37. The van der Waals surface area contributed by atoms with Crippen LogP contribution in [0, 0.1) is 5.92 Å². The predicted octanol–water partition coefficient (Wildman–Crippen LogP) is 2.91. The predicted molar refractivity (Wildman–Crippen MR) is 75.1 cm³/mol. The fourth-order valence-electron chi connectivity index (χ4n) is 3.84. The van der Waals surface area contributed by atoms with Gasteiger partial charge in [0.05, 0.1) is 0 Å². The Morgan fingerprint density at radius 2 is 1.94 bits per heavy atom. The van der Waals surface area contributed by atoms with Crippen LogP contribution >= 0.6 is 0 Å². The Kier molecular flexibility index (Phi) is 3.67. The van der Waals surface area contributed by atoms with Gasteiger partial charge in [0.1, 0.15) is 0 Å². The van der Waals surface area contributed by atoms with Crippen LogP contribution in [0.25, 0.3) is 0 Å². The second-order valence-electron chi connectivity index (χ2n) is 5.90. The summed E-state index contributed by atoms with van der Waals surface area (Å²) in [5.41, 5.74) is 8.42. The van der Waals surface area contributed by atoms with E-state index in [2.05, 4.69) is 29.2 Å². The molecule has 0 amide bonds. The van der Waals surface area contributed by atoms with Crippen molar-refractivity contribution in [3.8, 4) is 0 Å². The van der Waals surface area contributed by atoms with Gasteiger partial charge in [0.2, 0.25) is 0 Å². The van der Waals surface area contributed by atoms with Crippen LogP contribution in [0.3, 0.4) is 0 Å². The summed E-state index contributed by atoms with van der Waals surface area (Å²) in [5, 5.41) is 0. The Labute approximate surface area is 110 Å². The Morgan fingerprint density at radius 3 is 2.83 bits per heavy atom. The van der Waals surface area contributed by atoms with Crippen molar-refractivity contribution in [2.75, 3.05) is 6.54 Å². The highest BCUT2D eigenvalue weighted by atomic mass is 15.2. The normalized spacial score (nSPS) is 28.3. The lowest BCUT2D eigenvalue weighted by Gasteiger charge is -2.37. The molecule has 1 saturated heterocycles. The minimum absolute atomic E-state index is 0.653. The molecule has 2 nitrogen and oxygen atoms in total. The average molecular weight is 244 g/mol. The van der Waals surface area contributed by atoms with Crippen molar-refractivity contribution < 1.29 is 0 Å². The van der Waals surface area contributed by atoms with Crippen molar-refractivity contribution in [3.63, 3.8) is 0 Å². The van der Waals surface area contributed by atoms with E-state index in [1.165, 1.54) is 49.8 Å². The number of nitrogens with two attached hydrogens (primary N) is 1. The maximum Gasteiger partial charge on any atom is 0.0236 e. The molecule has 1 aromatic rings. The van der Waals surface area contributed by atoms with E-state index in [4.69, 9.17) is 5.73 Å². The largest absolute Gasteiger partial charge is 0.326 e. The van der Waals surface area contributed by atoms with Gasteiger partial charge in [-0.05, 0) is 49.3 Å². The van der Waals surface area contributed by atoms with Gasteiger partial charge in [-0.15, -0.1) is 0 Å². The van der Waals surface area contributed by atoms with Crippen molar-refractivity contribution >= 4 is 0 Å². The number of rotatable bonds is 3. The minimum Gasteiger partial charge on any atom is -0.326 e. The molecule has 0 radical (unpaired) electrons. The van der Waals surface area contributed by atoms with E-state index in [1.54, 1.807) is 0 Å². The van der Waals surface area contributed by atoms with Crippen LogP contribution in [0.15, 0.2) is 24.3 Å². The van der Waals surface area contributed by atoms with Gasteiger partial charge in [-0.3, -0.25) is 4.90 Å². The van der Waals surface area contributed by atoms with Gasteiger partial charge in [0, 0.05) is 19.1 Å². The summed E-state index contributed by atoms with van der Waals surface area (Å²) < 4.78 is 0. The maximum atomic E-state index is 5.72. The molecule has 1 aliphatic heterocycles. The van der Waals surface area contributed by atoms with Crippen molar-refractivity contribution in [2.24, 2.45) is 11.7 Å². The molecule has 1 aromatic carbocycles. The average Bonchev–Trinajstić information content (AvgIpc) is 2.88. The smallest absolute Gasteiger partial charge is 0.0236 e. The number of benzene rings is 1. The highest BCUT2D eigenvalue weighted by molar-refractivity contribution is 5.23. The number of hydrogen-bond donors (Lipinski definition) is 1. The summed E-state index contributed by atoms with van der Waals surface area (Å²) in [4.78, 5) is 2.72. The molecular weight excluding hydrogens is 220 g/mol. The number of likely N-dealkylation sites (tertiary alicyclic amines) is 1.